The third kappa shape index (κ3) is 4.31. The maximum absolute atomic E-state index is 12.5. The lowest BCUT2D eigenvalue weighted by Crippen LogP contribution is -2.19. The highest BCUT2D eigenvalue weighted by molar-refractivity contribution is 9.08. The van der Waals surface area contributed by atoms with E-state index in [2.05, 4.69) is 25.7 Å². The molecular formula is C10H6BrF5N2O. The maximum atomic E-state index is 12.5. The molecular weight excluding hydrogens is 339 g/mol. The molecule has 1 heterocycles. The fourth-order valence-electron chi connectivity index (χ4n) is 1.33. The van der Waals surface area contributed by atoms with Crippen LogP contribution in [0.25, 0.3) is 0 Å². The maximum Gasteiger partial charge on any atom is 0.573 e. The van der Waals surface area contributed by atoms with Gasteiger partial charge in [0.1, 0.15) is 11.4 Å². The molecule has 0 aliphatic heterocycles. The van der Waals surface area contributed by atoms with Gasteiger partial charge in [-0.25, -0.2) is 8.78 Å². The van der Waals surface area contributed by atoms with Gasteiger partial charge in [-0.1, -0.05) is 15.9 Å². The Morgan fingerprint density at radius 1 is 1.42 bits per heavy atom. The molecule has 0 aromatic carbocycles. The van der Waals surface area contributed by atoms with Crippen LogP contribution in [0.1, 0.15) is 23.4 Å². The molecule has 0 aliphatic carbocycles. The van der Waals surface area contributed by atoms with Crippen molar-refractivity contribution in [2.45, 2.75) is 24.5 Å². The Morgan fingerprint density at radius 2 is 2.05 bits per heavy atom. The van der Waals surface area contributed by atoms with Crippen LogP contribution in [-0.2, 0) is 11.8 Å². The first-order valence-electron chi connectivity index (χ1n) is 4.78. The first-order valence-corrected chi connectivity index (χ1v) is 5.90. The molecule has 3 nitrogen and oxygen atoms in total. The molecule has 0 unspecified atom stereocenters. The number of nitriles is 1. The van der Waals surface area contributed by atoms with Crippen LogP contribution in [0.4, 0.5) is 22.0 Å². The number of alkyl halides is 6. The molecule has 0 bridgehead atoms. The SMILES string of the molecule is N#CCc1c(OC(F)(F)F)cc(C(F)F)nc1CBr. The van der Waals surface area contributed by atoms with Crippen molar-refractivity contribution in [3.63, 3.8) is 0 Å². The van der Waals surface area contributed by atoms with Crippen LogP contribution < -0.4 is 4.74 Å². The standard InChI is InChI=1S/C10H6BrF5N2O/c11-4-7-5(1-2-17)8(19-10(14,15)16)3-6(18-7)9(12)13/h3,9H,1,4H2. The molecule has 1 aromatic heterocycles. The summed E-state index contributed by atoms with van der Waals surface area (Å²) < 4.78 is 65.4. The van der Waals surface area contributed by atoms with Crippen molar-refractivity contribution in [2.24, 2.45) is 0 Å². The van der Waals surface area contributed by atoms with E-state index in [-0.39, 0.29) is 16.6 Å². The second-order valence-corrected chi connectivity index (χ2v) is 3.85. The van der Waals surface area contributed by atoms with Crippen LogP contribution >= 0.6 is 15.9 Å². The third-order valence-corrected chi connectivity index (χ3v) is 2.55. The fourth-order valence-corrected chi connectivity index (χ4v) is 1.79. The number of aromatic nitrogens is 1. The summed E-state index contributed by atoms with van der Waals surface area (Å²) in [6.45, 7) is 0. The van der Waals surface area contributed by atoms with E-state index >= 15 is 0 Å². The summed E-state index contributed by atoms with van der Waals surface area (Å²) in [4.78, 5) is 3.50. The summed E-state index contributed by atoms with van der Waals surface area (Å²) in [5.74, 6) is -0.825. The Labute approximate surface area is 113 Å². The zero-order valence-electron chi connectivity index (χ0n) is 9.14. The molecule has 0 amide bonds. The quantitative estimate of drug-likeness (QED) is 0.615. The van der Waals surface area contributed by atoms with Crippen molar-refractivity contribution < 1.29 is 26.7 Å². The van der Waals surface area contributed by atoms with Gasteiger partial charge in [-0.05, 0) is 0 Å². The highest BCUT2D eigenvalue weighted by Crippen LogP contribution is 2.32. The highest BCUT2D eigenvalue weighted by Gasteiger charge is 2.33. The van der Waals surface area contributed by atoms with Crippen molar-refractivity contribution in [3.05, 3.63) is 23.0 Å². The topological polar surface area (TPSA) is 45.9 Å². The number of halogens is 6. The van der Waals surface area contributed by atoms with Crippen molar-refractivity contribution >= 4 is 15.9 Å². The number of hydrogen-bond acceptors (Lipinski definition) is 3. The number of pyridine rings is 1. The highest BCUT2D eigenvalue weighted by atomic mass is 79.9. The molecule has 0 saturated heterocycles. The van der Waals surface area contributed by atoms with Gasteiger partial charge in [0.2, 0.25) is 0 Å². The van der Waals surface area contributed by atoms with Crippen molar-refractivity contribution in [2.75, 3.05) is 0 Å². The molecule has 0 saturated carbocycles. The van der Waals surface area contributed by atoms with Crippen LogP contribution in [-0.4, -0.2) is 11.3 Å². The van der Waals surface area contributed by atoms with E-state index in [0.29, 0.717) is 6.07 Å². The van der Waals surface area contributed by atoms with E-state index in [9.17, 15) is 22.0 Å². The van der Waals surface area contributed by atoms with Gasteiger partial charge in [0.25, 0.3) is 6.43 Å². The second-order valence-electron chi connectivity index (χ2n) is 3.29. The normalized spacial score (nSPS) is 11.5. The zero-order chi connectivity index (χ0) is 14.6. The minimum absolute atomic E-state index is 0.0706. The van der Waals surface area contributed by atoms with Gasteiger partial charge in [0, 0.05) is 17.0 Å². The summed E-state index contributed by atoms with van der Waals surface area (Å²) in [5.41, 5.74) is -1.09. The van der Waals surface area contributed by atoms with Gasteiger partial charge in [-0.2, -0.15) is 5.26 Å². The van der Waals surface area contributed by atoms with E-state index in [4.69, 9.17) is 5.26 Å². The first kappa shape index (κ1) is 15.6. The summed E-state index contributed by atoms with van der Waals surface area (Å²) in [7, 11) is 0. The summed E-state index contributed by atoms with van der Waals surface area (Å²) >= 11 is 2.92. The molecule has 0 atom stereocenters. The predicted molar refractivity (Wildman–Crippen MR) is 57.8 cm³/mol. The summed E-state index contributed by atoms with van der Waals surface area (Å²) in [5, 5.41) is 8.49. The van der Waals surface area contributed by atoms with E-state index < -0.39 is 30.7 Å². The van der Waals surface area contributed by atoms with Crippen LogP contribution in [0.15, 0.2) is 6.07 Å². The molecule has 0 N–H and O–H groups in total. The first-order chi connectivity index (χ1) is 8.78. The molecule has 0 aliphatic rings. The van der Waals surface area contributed by atoms with Crippen LogP contribution in [0.2, 0.25) is 0 Å². The Bertz CT molecular complexity index is 498. The third-order valence-electron chi connectivity index (χ3n) is 2.02. The van der Waals surface area contributed by atoms with Gasteiger partial charge < -0.3 is 4.74 Å². The number of rotatable bonds is 4. The van der Waals surface area contributed by atoms with E-state index in [1.165, 1.54) is 0 Å². The predicted octanol–water partition coefficient (Wildman–Crippen LogP) is 3.88. The number of hydrogen-bond donors (Lipinski definition) is 0. The van der Waals surface area contributed by atoms with Gasteiger partial charge in [0.15, 0.2) is 0 Å². The lowest BCUT2D eigenvalue weighted by atomic mass is 10.1. The van der Waals surface area contributed by atoms with E-state index in [0.717, 1.165) is 0 Å². The smallest absolute Gasteiger partial charge is 0.405 e. The second kappa shape index (κ2) is 6.14. The Kier molecular flexibility index (Phi) is 5.05. The van der Waals surface area contributed by atoms with Crippen LogP contribution in [0.3, 0.4) is 0 Å². The molecule has 1 rings (SSSR count). The molecule has 104 valence electrons. The van der Waals surface area contributed by atoms with Gasteiger partial charge in [0.05, 0.1) is 18.2 Å². The Morgan fingerprint density at radius 3 is 2.47 bits per heavy atom. The van der Waals surface area contributed by atoms with Gasteiger partial charge in [-0.3, -0.25) is 4.98 Å². The molecule has 0 radical (unpaired) electrons. The number of nitrogens with zero attached hydrogens (tertiary/aromatic N) is 2. The largest absolute Gasteiger partial charge is 0.573 e. The van der Waals surface area contributed by atoms with Crippen LogP contribution in [0, 0.1) is 11.3 Å². The molecule has 0 spiro atoms. The van der Waals surface area contributed by atoms with Crippen molar-refractivity contribution in [3.8, 4) is 11.8 Å². The zero-order valence-corrected chi connectivity index (χ0v) is 10.7. The summed E-state index contributed by atoms with van der Waals surface area (Å²) in [6.07, 6.45) is -8.50. The summed E-state index contributed by atoms with van der Waals surface area (Å²) in [6, 6.07) is 2.13. The Balaban J connectivity index is 3.37. The monoisotopic (exact) mass is 344 g/mol. The van der Waals surface area contributed by atoms with Gasteiger partial charge >= 0.3 is 6.36 Å². The fraction of sp³-hybridized carbons (Fsp3) is 0.400. The lowest BCUT2D eigenvalue weighted by molar-refractivity contribution is -0.275. The molecule has 9 heteroatoms. The molecule has 19 heavy (non-hydrogen) atoms. The minimum atomic E-state index is -5.03. The molecule has 1 aromatic rings. The average molecular weight is 345 g/mol. The van der Waals surface area contributed by atoms with Gasteiger partial charge in [-0.15, -0.1) is 13.2 Å². The van der Waals surface area contributed by atoms with E-state index in [1.807, 2.05) is 0 Å². The van der Waals surface area contributed by atoms with E-state index in [1.54, 1.807) is 6.07 Å². The van der Waals surface area contributed by atoms with Crippen LogP contribution in [0.5, 0.6) is 5.75 Å². The minimum Gasteiger partial charge on any atom is -0.405 e. The lowest BCUT2D eigenvalue weighted by Gasteiger charge is -2.15. The number of ether oxygens (including phenoxy) is 1. The van der Waals surface area contributed by atoms with Crippen molar-refractivity contribution in [1.82, 2.24) is 4.98 Å². The van der Waals surface area contributed by atoms with Crippen molar-refractivity contribution in [1.29, 1.82) is 5.26 Å². The average Bonchev–Trinajstić information content (AvgIpc) is 2.29. The molecule has 0 fully saturated rings. The Hall–Kier alpha value is -1.43.